The molecule has 0 saturated heterocycles. The van der Waals surface area contributed by atoms with E-state index in [2.05, 4.69) is 0 Å². The molecule has 0 aromatic heterocycles. The summed E-state index contributed by atoms with van der Waals surface area (Å²) in [5.74, 6) is 0. The van der Waals surface area contributed by atoms with Crippen molar-refractivity contribution >= 4 is 40.7 Å². The van der Waals surface area contributed by atoms with E-state index in [1.54, 1.807) is 0 Å². The van der Waals surface area contributed by atoms with E-state index in [9.17, 15) is 0 Å². The predicted octanol–water partition coefficient (Wildman–Crippen LogP) is 3.12. The lowest BCUT2D eigenvalue weighted by molar-refractivity contribution is 1.46. The van der Waals surface area contributed by atoms with Gasteiger partial charge in [0.1, 0.15) is 0 Å². The first-order valence-electron chi connectivity index (χ1n) is 2.99. The number of benzene rings is 1. The van der Waals surface area contributed by atoms with Crippen LogP contribution in [0.5, 0.6) is 0 Å². The first-order chi connectivity index (χ1) is 5.20. The Labute approximate surface area is 79.9 Å². The monoisotopic (exact) mass is 207 g/mol. The molecule has 0 bridgehead atoms. The Morgan fingerprint density at radius 1 is 1.27 bits per heavy atom. The summed E-state index contributed by atoms with van der Waals surface area (Å²) < 4.78 is -0.459. The molecule has 1 aromatic rings. The number of hydrogen-bond acceptors (Lipinski definition) is 2. The third-order valence-corrected chi connectivity index (χ3v) is 2.47. The molecule has 0 heterocycles. The van der Waals surface area contributed by atoms with Crippen LogP contribution in [0.15, 0.2) is 29.2 Å². The first kappa shape index (κ1) is 9.04. The fourth-order valence-electron chi connectivity index (χ4n) is 0.684. The first-order valence-corrected chi connectivity index (χ1v) is 4.74. The lowest BCUT2D eigenvalue weighted by Gasteiger charge is -2.03. The molecule has 0 aliphatic rings. The smallest absolute Gasteiger partial charge is 0.157 e. The Hall–Kier alpha value is -0.0500. The maximum Gasteiger partial charge on any atom is 0.157 e. The molecule has 11 heavy (non-hydrogen) atoms. The third kappa shape index (κ3) is 2.81. The van der Waals surface area contributed by atoms with Crippen molar-refractivity contribution < 1.29 is 0 Å². The van der Waals surface area contributed by atoms with Crippen molar-refractivity contribution in [2.45, 2.75) is 9.06 Å². The number of thioether (sulfide) groups is 1. The van der Waals surface area contributed by atoms with Crippen LogP contribution in [0.3, 0.4) is 0 Å². The molecule has 0 aliphatic heterocycles. The zero-order valence-electron chi connectivity index (χ0n) is 5.63. The normalized spacial score (nSPS) is 10.5. The number of nitrogen functional groups attached to an aromatic ring is 1. The van der Waals surface area contributed by atoms with Crippen molar-refractivity contribution in [3.05, 3.63) is 24.3 Å². The van der Waals surface area contributed by atoms with Gasteiger partial charge >= 0.3 is 0 Å². The Morgan fingerprint density at radius 2 is 1.91 bits per heavy atom. The molecule has 0 radical (unpaired) electrons. The highest BCUT2D eigenvalue weighted by Crippen LogP contribution is 2.32. The van der Waals surface area contributed by atoms with Crippen molar-refractivity contribution in [1.29, 1.82) is 0 Å². The van der Waals surface area contributed by atoms with Gasteiger partial charge in [-0.05, 0) is 12.1 Å². The fourth-order valence-corrected chi connectivity index (χ4v) is 1.81. The molecule has 0 unspecified atom stereocenters. The predicted molar refractivity (Wildman–Crippen MR) is 52.2 cm³/mol. The molecule has 1 aromatic carbocycles. The van der Waals surface area contributed by atoms with Crippen LogP contribution in [0.25, 0.3) is 0 Å². The minimum atomic E-state index is -0.459. The third-order valence-electron chi connectivity index (χ3n) is 1.14. The number of nitrogens with two attached hydrogens (primary N) is 1. The number of hydrogen-bond donors (Lipinski definition) is 1. The van der Waals surface area contributed by atoms with Crippen LogP contribution in [0.2, 0.25) is 0 Å². The number of alkyl halides is 2. The topological polar surface area (TPSA) is 26.0 Å². The van der Waals surface area contributed by atoms with Gasteiger partial charge in [-0.2, -0.15) is 0 Å². The van der Waals surface area contributed by atoms with E-state index in [-0.39, 0.29) is 0 Å². The van der Waals surface area contributed by atoms with Gasteiger partial charge in [-0.15, -0.1) is 0 Å². The molecule has 0 aliphatic carbocycles. The molecular weight excluding hydrogens is 201 g/mol. The summed E-state index contributed by atoms with van der Waals surface area (Å²) in [5, 5.41) is 0. The molecule has 0 saturated carbocycles. The number of anilines is 1. The lowest BCUT2D eigenvalue weighted by Crippen LogP contribution is -1.88. The highest BCUT2D eigenvalue weighted by Gasteiger charge is 2.03. The second kappa shape index (κ2) is 4.10. The molecule has 4 heteroatoms. The summed E-state index contributed by atoms with van der Waals surface area (Å²) in [6, 6.07) is 7.47. The lowest BCUT2D eigenvalue weighted by atomic mass is 10.3. The van der Waals surface area contributed by atoms with E-state index >= 15 is 0 Å². The van der Waals surface area contributed by atoms with Crippen molar-refractivity contribution in [3.8, 4) is 0 Å². The Bertz CT molecular complexity index is 240. The molecule has 1 nitrogen and oxygen atoms in total. The fraction of sp³-hybridized carbons (Fsp3) is 0.143. The SMILES string of the molecule is Nc1ccccc1SC(Cl)Cl. The van der Waals surface area contributed by atoms with Crippen molar-refractivity contribution in [3.63, 3.8) is 0 Å². The largest absolute Gasteiger partial charge is 0.398 e. The molecule has 0 amide bonds. The van der Waals surface area contributed by atoms with Crippen molar-refractivity contribution in [2.24, 2.45) is 0 Å². The van der Waals surface area contributed by atoms with Crippen LogP contribution < -0.4 is 5.73 Å². The standard InChI is InChI=1S/C7H7Cl2NS/c8-7(9)11-6-4-2-1-3-5(6)10/h1-4,7H,10H2. The van der Waals surface area contributed by atoms with Crippen LogP contribution in [-0.2, 0) is 0 Å². The summed E-state index contributed by atoms with van der Waals surface area (Å²) in [6.07, 6.45) is 0. The van der Waals surface area contributed by atoms with Crippen LogP contribution in [0.4, 0.5) is 5.69 Å². The van der Waals surface area contributed by atoms with Gasteiger partial charge in [-0.25, -0.2) is 0 Å². The summed E-state index contributed by atoms with van der Waals surface area (Å²) in [4.78, 5) is 0.919. The minimum absolute atomic E-state index is 0.459. The van der Waals surface area contributed by atoms with Gasteiger partial charge in [0.05, 0.1) is 0 Å². The van der Waals surface area contributed by atoms with E-state index in [4.69, 9.17) is 28.9 Å². The van der Waals surface area contributed by atoms with Crippen molar-refractivity contribution in [1.82, 2.24) is 0 Å². The molecule has 1 rings (SSSR count). The Kier molecular flexibility index (Phi) is 3.37. The van der Waals surface area contributed by atoms with Gasteiger partial charge in [-0.1, -0.05) is 47.1 Å². The van der Waals surface area contributed by atoms with Crippen LogP contribution in [-0.4, -0.2) is 4.17 Å². The number of para-hydroxylation sites is 1. The molecular formula is C7H7Cl2NS. The van der Waals surface area contributed by atoms with Gasteiger partial charge in [0, 0.05) is 10.6 Å². The quantitative estimate of drug-likeness (QED) is 0.459. The second-order valence-corrected chi connectivity index (χ2v) is 4.68. The van der Waals surface area contributed by atoms with Crippen molar-refractivity contribution in [2.75, 3.05) is 5.73 Å². The maximum absolute atomic E-state index is 5.63. The summed E-state index contributed by atoms with van der Waals surface area (Å²) in [6.45, 7) is 0. The minimum Gasteiger partial charge on any atom is -0.398 e. The van der Waals surface area contributed by atoms with Gasteiger partial charge in [-0.3, -0.25) is 0 Å². The van der Waals surface area contributed by atoms with E-state index in [1.165, 1.54) is 11.8 Å². The van der Waals surface area contributed by atoms with E-state index < -0.39 is 4.17 Å². The Balaban J connectivity index is 2.78. The van der Waals surface area contributed by atoms with E-state index in [0.717, 1.165) is 4.90 Å². The maximum atomic E-state index is 5.63. The summed E-state index contributed by atoms with van der Waals surface area (Å²) in [7, 11) is 0. The van der Waals surface area contributed by atoms with Crippen LogP contribution in [0.1, 0.15) is 0 Å². The van der Waals surface area contributed by atoms with Gasteiger partial charge in [0.15, 0.2) is 4.17 Å². The molecule has 0 spiro atoms. The highest BCUT2D eigenvalue weighted by atomic mass is 35.5. The summed E-state index contributed by atoms with van der Waals surface area (Å²) in [5.41, 5.74) is 6.34. The average Bonchev–Trinajstić information content (AvgIpc) is 1.93. The number of rotatable bonds is 2. The molecule has 60 valence electrons. The highest BCUT2D eigenvalue weighted by molar-refractivity contribution is 8.02. The van der Waals surface area contributed by atoms with Crippen LogP contribution >= 0.6 is 35.0 Å². The van der Waals surface area contributed by atoms with Gasteiger partial charge in [0.2, 0.25) is 0 Å². The molecule has 0 fully saturated rings. The van der Waals surface area contributed by atoms with E-state index in [0.29, 0.717) is 5.69 Å². The van der Waals surface area contributed by atoms with E-state index in [1.807, 2.05) is 24.3 Å². The zero-order chi connectivity index (χ0) is 8.27. The Morgan fingerprint density at radius 3 is 2.45 bits per heavy atom. The molecule has 0 atom stereocenters. The number of halogens is 2. The zero-order valence-corrected chi connectivity index (χ0v) is 7.96. The average molecular weight is 208 g/mol. The van der Waals surface area contributed by atoms with Crippen LogP contribution in [0, 0.1) is 0 Å². The molecule has 2 N–H and O–H groups in total. The van der Waals surface area contributed by atoms with Gasteiger partial charge < -0.3 is 5.73 Å². The summed E-state index contributed by atoms with van der Waals surface area (Å²) >= 11 is 12.4. The second-order valence-electron chi connectivity index (χ2n) is 1.92. The van der Waals surface area contributed by atoms with Gasteiger partial charge in [0.25, 0.3) is 0 Å².